The fourth-order valence-electron chi connectivity index (χ4n) is 10.4. The van der Waals surface area contributed by atoms with E-state index in [1.807, 2.05) is 0 Å². The maximum atomic E-state index is 7.13. The summed E-state index contributed by atoms with van der Waals surface area (Å²) in [6, 6.07) is 74.2. The molecule has 8 heteroatoms. The molecule has 0 heterocycles. The predicted octanol–water partition coefficient (Wildman–Crippen LogP) is 5.53. The summed E-state index contributed by atoms with van der Waals surface area (Å²) in [5.74, 6) is 2.13. The van der Waals surface area contributed by atoms with E-state index >= 15 is 0 Å². The van der Waals surface area contributed by atoms with Crippen molar-refractivity contribution in [1.29, 1.82) is 0 Å². The Labute approximate surface area is 456 Å². The molecule has 8 aromatic carbocycles. The SMILES string of the molecule is CC(C)(C)[Si](Oc1cc2c([cH-]1)CCCC2)(c1ccccc1)c1ccccc1.CC(C)(C)[Si](Oc1cc2c([cH-]1)CCCC2)(c1ccccc1)c1ccccc1.[Cl-].[Cl-].[Zr+4].c1ccc([SiH]c2ccccc2)cc1. The van der Waals surface area contributed by atoms with Gasteiger partial charge >= 0.3 is 42.8 Å². The first-order chi connectivity index (χ1) is 32.5. The molecule has 0 bridgehead atoms. The van der Waals surface area contributed by atoms with E-state index in [1.165, 1.54) is 105 Å². The molecule has 0 unspecified atom stereocenters. The first kappa shape index (κ1) is 56.6. The standard InChI is InChI=1S/2C25H29OSi.C12H11Si.2ClH.Zr/c2*1-25(2,3)27(23-14-6-4-7-15-23,24-16-8-5-9-17-24)26-22-18-20-12-10-11-13-21(20)19-22;1-3-7-11(8-4-1)13-12-9-5-2-6-10-12;;;/h2*4-9,14-19H,10-13H2,1-3H3;1-10,13H;2*1H;/q2*-1;;;;+4/p-2. The van der Waals surface area contributed by atoms with Crippen molar-refractivity contribution in [3.8, 4) is 11.5 Å². The van der Waals surface area contributed by atoms with Gasteiger partial charge in [0.05, 0.1) is 0 Å². The van der Waals surface area contributed by atoms with Crippen LogP contribution >= 0.6 is 0 Å². The largest absolute Gasteiger partial charge is 4.00 e. The van der Waals surface area contributed by atoms with Crippen LogP contribution in [0.3, 0.4) is 0 Å². The van der Waals surface area contributed by atoms with E-state index in [1.54, 1.807) is 0 Å². The topological polar surface area (TPSA) is 18.5 Å². The Morgan fingerprint density at radius 1 is 0.386 bits per heavy atom. The van der Waals surface area contributed by atoms with Crippen molar-refractivity contribution < 1.29 is 59.9 Å². The molecule has 2 aliphatic rings. The number of fused-ring (bicyclic) bond motifs is 2. The van der Waals surface area contributed by atoms with E-state index in [0.29, 0.717) is 0 Å². The van der Waals surface area contributed by atoms with E-state index in [4.69, 9.17) is 8.85 Å². The molecule has 0 aromatic heterocycles. The van der Waals surface area contributed by atoms with E-state index < -0.39 is 16.6 Å². The van der Waals surface area contributed by atoms with Gasteiger partial charge in [0, 0.05) is 0 Å². The molecule has 2 nitrogen and oxygen atoms in total. The van der Waals surface area contributed by atoms with E-state index in [0.717, 1.165) is 11.5 Å². The number of rotatable bonds is 10. The van der Waals surface area contributed by atoms with Gasteiger partial charge in [-0.25, -0.2) is 0 Å². The summed E-state index contributed by atoms with van der Waals surface area (Å²) in [5, 5.41) is 8.26. The molecule has 0 N–H and O–H groups in total. The van der Waals surface area contributed by atoms with Crippen LogP contribution in [0.25, 0.3) is 0 Å². The molecule has 0 saturated heterocycles. The van der Waals surface area contributed by atoms with Gasteiger partial charge in [-0.15, -0.1) is 12.1 Å². The smallest absolute Gasteiger partial charge is 1.00 e. The molecular formula is C62H69Cl2O2Si3Zr. The summed E-state index contributed by atoms with van der Waals surface area (Å²) < 4.78 is 14.3. The summed E-state index contributed by atoms with van der Waals surface area (Å²) in [7, 11) is -4.74. The third-order valence-corrected chi connectivity index (χ3v) is 25.0. The number of benzene rings is 6. The van der Waals surface area contributed by atoms with Crippen LogP contribution in [0.15, 0.2) is 206 Å². The van der Waals surface area contributed by atoms with Gasteiger partial charge in [-0.1, -0.05) is 285 Å². The number of aryl methyl sites for hydroxylation is 4. The average molecular weight is 1090 g/mol. The second kappa shape index (κ2) is 25.9. The normalized spacial score (nSPS) is 13.1. The van der Waals surface area contributed by atoms with Gasteiger partial charge in [0.1, 0.15) is 9.52 Å². The molecule has 0 fully saturated rings. The molecule has 0 aliphatic heterocycles. The minimum atomic E-state index is -2.50. The van der Waals surface area contributed by atoms with Crippen LogP contribution in [0.1, 0.15) is 89.5 Å². The minimum Gasteiger partial charge on any atom is -1.00 e. The van der Waals surface area contributed by atoms with Crippen LogP contribution in [-0.2, 0) is 51.9 Å². The zero-order chi connectivity index (χ0) is 46.7. The van der Waals surface area contributed by atoms with Gasteiger partial charge < -0.3 is 33.7 Å². The van der Waals surface area contributed by atoms with Crippen molar-refractivity contribution in [1.82, 2.24) is 0 Å². The van der Waals surface area contributed by atoms with E-state index in [-0.39, 0.29) is 70.6 Å². The first-order valence-electron chi connectivity index (χ1n) is 24.6. The summed E-state index contributed by atoms with van der Waals surface area (Å²) in [6.07, 6.45) is 9.98. The molecule has 70 heavy (non-hydrogen) atoms. The van der Waals surface area contributed by atoms with Gasteiger partial charge in [0.15, 0.2) is 0 Å². The number of halogens is 2. The third-order valence-electron chi connectivity index (χ3n) is 13.7. The van der Waals surface area contributed by atoms with Gasteiger partial charge in [-0.2, -0.15) is 34.4 Å². The minimum absolute atomic E-state index is 0. The molecule has 0 amide bonds. The molecule has 359 valence electrons. The summed E-state index contributed by atoms with van der Waals surface area (Å²) in [4.78, 5) is 0. The Kier molecular flexibility index (Phi) is 21.0. The summed E-state index contributed by atoms with van der Waals surface area (Å²) >= 11 is 0. The zero-order valence-corrected chi connectivity index (χ0v) is 49.1. The maximum Gasteiger partial charge on any atom is 4.00 e. The van der Waals surface area contributed by atoms with Gasteiger partial charge in [0.25, 0.3) is 0 Å². The molecule has 1 radical (unpaired) electrons. The second-order valence-electron chi connectivity index (χ2n) is 20.4. The van der Waals surface area contributed by atoms with Crippen LogP contribution in [-0.4, -0.2) is 26.2 Å². The number of hydrogen-bond acceptors (Lipinski definition) is 2. The van der Waals surface area contributed by atoms with Crippen molar-refractivity contribution in [2.24, 2.45) is 0 Å². The quantitative estimate of drug-likeness (QED) is 0.133. The van der Waals surface area contributed by atoms with Crippen molar-refractivity contribution in [2.45, 2.75) is 103 Å². The van der Waals surface area contributed by atoms with Crippen LogP contribution in [0.4, 0.5) is 0 Å². The fraction of sp³-hybridized carbons (Fsp3) is 0.258. The molecule has 0 saturated carbocycles. The van der Waals surface area contributed by atoms with Crippen molar-refractivity contribution >= 4 is 57.3 Å². The third kappa shape index (κ3) is 13.2. The Hall–Kier alpha value is -4.27. The zero-order valence-electron chi connectivity index (χ0n) is 41.9. The fourth-order valence-corrected chi connectivity index (χ4v) is 20.4. The Morgan fingerprint density at radius 2 is 0.643 bits per heavy atom. The van der Waals surface area contributed by atoms with Gasteiger partial charge in [-0.3, -0.25) is 0 Å². The van der Waals surface area contributed by atoms with E-state index in [9.17, 15) is 0 Å². The number of hydrogen-bond donors (Lipinski definition) is 0. The van der Waals surface area contributed by atoms with Crippen LogP contribution < -0.4 is 64.8 Å². The molecule has 0 spiro atoms. The summed E-state index contributed by atoms with van der Waals surface area (Å²) in [6.45, 7) is 14.0. The molecule has 0 atom stereocenters. The average Bonchev–Trinajstić information content (AvgIpc) is 3.97. The molecule has 2 aliphatic carbocycles. The van der Waals surface area contributed by atoms with Crippen LogP contribution in [0.2, 0.25) is 10.1 Å². The van der Waals surface area contributed by atoms with Crippen molar-refractivity contribution in [3.63, 3.8) is 0 Å². The molecule has 8 aromatic rings. The van der Waals surface area contributed by atoms with Crippen molar-refractivity contribution in [3.05, 3.63) is 229 Å². The van der Waals surface area contributed by atoms with Gasteiger partial charge in [-0.05, 0) is 42.3 Å². The Balaban J connectivity index is 0.000000202. The van der Waals surface area contributed by atoms with Crippen molar-refractivity contribution in [2.75, 3.05) is 0 Å². The Morgan fingerprint density at radius 3 is 0.900 bits per heavy atom. The monoisotopic (exact) mass is 1090 g/mol. The molecule has 10 rings (SSSR count). The summed E-state index contributed by atoms with van der Waals surface area (Å²) in [5.41, 5.74) is 5.98. The maximum absolute atomic E-state index is 7.13. The van der Waals surface area contributed by atoms with Crippen LogP contribution in [0, 0.1) is 0 Å². The predicted molar refractivity (Wildman–Crippen MR) is 293 cm³/mol. The van der Waals surface area contributed by atoms with Gasteiger partial charge in [0.2, 0.25) is 0 Å². The second-order valence-corrected chi connectivity index (χ2v) is 30.5. The molecular weight excluding hydrogens is 1020 g/mol. The van der Waals surface area contributed by atoms with E-state index in [2.05, 4.69) is 248 Å². The Bertz CT molecular complexity index is 2420. The van der Waals surface area contributed by atoms with Crippen LogP contribution in [0.5, 0.6) is 11.5 Å². The first-order valence-corrected chi connectivity index (χ1v) is 29.6.